The molecule has 0 amide bonds. The van der Waals surface area contributed by atoms with E-state index in [-0.39, 0.29) is 0 Å². The van der Waals surface area contributed by atoms with Crippen LogP contribution in [-0.4, -0.2) is 37.3 Å². The van der Waals surface area contributed by atoms with Crippen molar-refractivity contribution in [3.63, 3.8) is 0 Å². The summed E-state index contributed by atoms with van der Waals surface area (Å²) in [7, 11) is 0. The van der Waals surface area contributed by atoms with Crippen LogP contribution in [0.5, 0.6) is 5.75 Å². The van der Waals surface area contributed by atoms with Gasteiger partial charge in [0.25, 0.3) is 0 Å². The molecule has 1 aliphatic rings. The zero-order chi connectivity index (χ0) is 12.8. The molecule has 0 unspecified atom stereocenters. The van der Waals surface area contributed by atoms with Gasteiger partial charge in [0.05, 0.1) is 18.7 Å². The third kappa shape index (κ3) is 3.74. The van der Waals surface area contributed by atoms with E-state index in [1.165, 1.54) is 32.4 Å². The fourth-order valence-electron chi connectivity index (χ4n) is 2.31. The van der Waals surface area contributed by atoms with Gasteiger partial charge >= 0.3 is 5.97 Å². The van der Waals surface area contributed by atoms with Crippen molar-refractivity contribution in [3.8, 4) is 5.75 Å². The van der Waals surface area contributed by atoms with Crippen LogP contribution in [0.4, 0.5) is 0 Å². The largest absolute Gasteiger partial charge is 0.488 e. The van der Waals surface area contributed by atoms with Gasteiger partial charge in [-0.15, -0.1) is 0 Å². The molecule has 98 valence electrons. The average molecular weight is 250 g/mol. The van der Waals surface area contributed by atoms with Gasteiger partial charge in [0.1, 0.15) is 18.9 Å². The van der Waals surface area contributed by atoms with Crippen LogP contribution < -0.4 is 9.64 Å². The van der Waals surface area contributed by atoms with Crippen molar-refractivity contribution in [1.82, 2.24) is 0 Å². The molecule has 0 aromatic heterocycles. The Morgan fingerprint density at radius 3 is 2.44 bits per heavy atom. The molecular weight excluding hydrogens is 230 g/mol. The van der Waals surface area contributed by atoms with Gasteiger partial charge in [0, 0.05) is 0 Å². The monoisotopic (exact) mass is 250 g/mol. The molecule has 1 fully saturated rings. The predicted octanol–water partition coefficient (Wildman–Crippen LogP) is 0.832. The van der Waals surface area contributed by atoms with Crippen molar-refractivity contribution in [2.45, 2.75) is 19.3 Å². The molecule has 0 aliphatic carbocycles. The molecule has 1 heterocycles. The highest BCUT2D eigenvalue weighted by molar-refractivity contribution is 5.87. The van der Waals surface area contributed by atoms with Crippen molar-refractivity contribution in [2.24, 2.45) is 0 Å². The minimum Gasteiger partial charge on any atom is -0.488 e. The fraction of sp³-hybridized carbons (Fsp3) is 0.500. The summed E-state index contributed by atoms with van der Waals surface area (Å²) in [5.41, 5.74) is 0.295. The number of likely N-dealkylation sites (tertiary alicyclic amines) is 1. The van der Waals surface area contributed by atoms with Crippen molar-refractivity contribution in [1.29, 1.82) is 0 Å². The third-order valence-electron chi connectivity index (χ3n) is 3.39. The lowest BCUT2D eigenvalue weighted by Crippen LogP contribution is -3.13. The Hall–Kier alpha value is -1.55. The molecular formula is C14H20NO3+. The van der Waals surface area contributed by atoms with E-state index in [1.807, 2.05) is 0 Å². The van der Waals surface area contributed by atoms with Gasteiger partial charge in [-0.25, -0.2) is 4.79 Å². The zero-order valence-electron chi connectivity index (χ0n) is 10.5. The summed E-state index contributed by atoms with van der Waals surface area (Å²) in [6.45, 7) is 4.23. The molecule has 4 heteroatoms. The van der Waals surface area contributed by atoms with Crippen LogP contribution in [0.15, 0.2) is 24.3 Å². The molecule has 1 aromatic carbocycles. The summed E-state index contributed by atoms with van der Waals surface area (Å²) >= 11 is 0. The van der Waals surface area contributed by atoms with E-state index >= 15 is 0 Å². The number of benzene rings is 1. The summed E-state index contributed by atoms with van der Waals surface area (Å²) in [5, 5.41) is 8.78. The summed E-state index contributed by atoms with van der Waals surface area (Å²) < 4.78 is 5.63. The first-order chi connectivity index (χ1) is 8.75. The molecule has 2 rings (SSSR count). The number of carbonyl (C=O) groups is 1. The molecule has 18 heavy (non-hydrogen) atoms. The van der Waals surface area contributed by atoms with E-state index < -0.39 is 5.97 Å². The molecule has 0 radical (unpaired) electrons. The maximum atomic E-state index is 10.7. The molecule has 1 aromatic rings. The second-order valence-corrected chi connectivity index (χ2v) is 4.74. The number of piperidine rings is 1. The number of nitrogens with one attached hydrogen (secondary N) is 1. The fourth-order valence-corrected chi connectivity index (χ4v) is 2.31. The Bertz CT molecular complexity index is 383. The van der Waals surface area contributed by atoms with E-state index in [0.29, 0.717) is 12.2 Å². The second-order valence-electron chi connectivity index (χ2n) is 4.74. The van der Waals surface area contributed by atoms with Crippen LogP contribution >= 0.6 is 0 Å². The van der Waals surface area contributed by atoms with Gasteiger partial charge in [-0.1, -0.05) is 0 Å². The lowest BCUT2D eigenvalue weighted by Gasteiger charge is -2.23. The zero-order valence-corrected chi connectivity index (χ0v) is 10.5. The SMILES string of the molecule is O=C(O)c1ccc(OCC[NH+]2CCCCC2)cc1. The second kappa shape index (κ2) is 6.40. The minimum absolute atomic E-state index is 0.295. The topological polar surface area (TPSA) is 51.0 Å². The van der Waals surface area contributed by atoms with Gasteiger partial charge in [-0.05, 0) is 43.5 Å². The molecule has 2 N–H and O–H groups in total. The highest BCUT2D eigenvalue weighted by Crippen LogP contribution is 2.11. The van der Waals surface area contributed by atoms with E-state index in [4.69, 9.17) is 9.84 Å². The van der Waals surface area contributed by atoms with Crippen LogP contribution in [-0.2, 0) is 0 Å². The number of rotatable bonds is 5. The molecule has 0 atom stereocenters. The van der Waals surface area contributed by atoms with Gasteiger partial charge in [0.15, 0.2) is 0 Å². The van der Waals surface area contributed by atoms with Crippen molar-refractivity contribution >= 4 is 5.97 Å². The van der Waals surface area contributed by atoms with Crippen molar-refractivity contribution in [3.05, 3.63) is 29.8 Å². The number of aromatic carboxylic acids is 1. The van der Waals surface area contributed by atoms with E-state index in [1.54, 1.807) is 29.2 Å². The number of hydrogen-bond acceptors (Lipinski definition) is 2. The average Bonchev–Trinajstić information content (AvgIpc) is 2.40. The van der Waals surface area contributed by atoms with Crippen LogP contribution in [0, 0.1) is 0 Å². The van der Waals surface area contributed by atoms with Gasteiger partial charge in [-0.2, -0.15) is 0 Å². The smallest absolute Gasteiger partial charge is 0.335 e. The van der Waals surface area contributed by atoms with Crippen molar-refractivity contribution < 1.29 is 19.5 Å². The number of ether oxygens (including phenoxy) is 1. The maximum Gasteiger partial charge on any atom is 0.335 e. The summed E-state index contributed by atoms with van der Waals surface area (Å²) in [6.07, 6.45) is 4.01. The molecule has 1 aliphatic heterocycles. The Morgan fingerprint density at radius 2 is 1.83 bits per heavy atom. The standard InChI is InChI=1S/C14H19NO3/c16-14(17)12-4-6-13(7-5-12)18-11-10-15-8-2-1-3-9-15/h4-7H,1-3,8-11H2,(H,16,17)/p+1. The van der Waals surface area contributed by atoms with E-state index in [2.05, 4.69) is 0 Å². The maximum absolute atomic E-state index is 10.7. The van der Waals surface area contributed by atoms with Crippen LogP contribution in [0.2, 0.25) is 0 Å². The van der Waals surface area contributed by atoms with Gasteiger partial charge < -0.3 is 14.7 Å². The minimum atomic E-state index is -0.903. The number of carboxylic acid groups (broad SMARTS) is 1. The van der Waals surface area contributed by atoms with Crippen LogP contribution in [0.25, 0.3) is 0 Å². The molecule has 0 bridgehead atoms. The summed E-state index contributed by atoms with van der Waals surface area (Å²) in [4.78, 5) is 12.3. The number of hydrogen-bond donors (Lipinski definition) is 2. The highest BCUT2D eigenvalue weighted by atomic mass is 16.5. The molecule has 0 saturated carbocycles. The number of quaternary nitrogens is 1. The predicted molar refractivity (Wildman–Crippen MR) is 68.3 cm³/mol. The van der Waals surface area contributed by atoms with Crippen LogP contribution in [0.1, 0.15) is 29.6 Å². The number of carboxylic acids is 1. The lowest BCUT2D eigenvalue weighted by molar-refractivity contribution is -0.904. The Labute approximate surface area is 107 Å². The normalized spacial score (nSPS) is 16.4. The Kier molecular flexibility index (Phi) is 4.59. The summed E-state index contributed by atoms with van der Waals surface area (Å²) in [6, 6.07) is 6.58. The van der Waals surface area contributed by atoms with E-state index in [9.17, 15) is 4.79 Å². The highest BCUT2D eigenvalue weighted by Gasteiger charge is 2.12. The first kappa shape index (κ1) is 12.9. The first-order valence-electron chi connectivity index (χ1n) is 6.55. The Morgan fingerprint density at radius 1 is 1.17 bits per heavy atom. The quantitative estimate of drug-likeness (QED) is 0.814. The lowest BCUT2D eigenvalue weighted by atomic mass is 10.1. The summed E-state index contributed by atoms with van der Waals surface area (Å²) in [5.74, 6) is -0.157. The van der Waals surface area contributed by atoms with E-state index in [0.717, 1.165) is 12.3 Å². The van der Waals surface area contributed by atoms with Crippen LogP contribution in [0.3, 0.4) is 0 Å². The Balaban J connectivity index is 1.74. The first-order valence-corrected chi connectivity index (χ1v) is 6.55. The molecule has 4 nitrogen and oxygen atoms in total. The van der Waals surface area contributed by atoms with Crippen molar-refractivity contribution in [2.75, 3.05) is 26.2 Å². The van der Waals surface area contributed by atoms with Gasteiger partial charge in [0.2, 0.25) is 0 Å². The molecule has 0 spiro atoms. The van der Waals surface area contributed by atoms with Gasteiger partial charge in [-0.3, -0.25) is 0 Å². The molecule has 1 saturated heterocycles. The third-order valence-corrected chi connectivity index (χ3v) is 3.39.